The largest absolute Gasteiger partial charge is 0.493 e. The summed E-state index contributed by atoms with van der Waals surface area (Å²) in [4.78, 5) is 19.8. The number of pyridine rings is 1. The van der Waals surface area contributed by atoms with Crippen molar-refractivity contribution in [1.82, 2.24) is 14.5 Å². The van der Waals surface area contributed by atoms with Crippen LogP contribution in [-0.2, 0) is 13.5 Å². The molecule has 4 aromatic rings. The van der Waals surface area contributed by atoms with E-state index in [0.29, 0.717) is 46.6 Å². The fourth-order valence-corrected chi connectivity index (χ4v) is 3.87. The van der Waals surface area contributed by atoms with Crippen LogP contribution < -0.4 is 9.47 Å². The van der Waals surface area contributed by atoms with Crippen molar-refractivity contribution in [3.63, 3.8) is 0 Å². The van der Waals surface area contributed by atoms with E-state index in [9.17, 15) is 9.18 Å². The molecule has 6 nitrogen and oxygen atoms in total. The van der Waals surface area contributed by atoms with Crippen LogP contribution in [0, 0.1) is 5.82 Å². The highest BCUT2D eigenvalue weighted by Crippen LogP contribution is 2.29. The average molecular weight is 448 g/mol. The Morgan fingerprint density at radius 3 is 2.55 bits per heavy atom. The van der Waals surface area contributed by atoms with E-state index in [-0.39, 0.29) is 5.91 Å². The summed E-state index contributed by atoms with van der Waals surface area (Å²) in [5.74, 6) is 0.706. The van der Waals surface area contributed by atoms with Crippen LogP contribution in [0.15, 0.2) is 60.8 Å². The molecule has 2 heterocycles. The number of aryl methyl sites for hydroxylation is 1. The molecule has 33 heavy (non-hydrogen) atoms. The van der Waals surface area contributed by atoms with Crippen molar-refractivity contribution in [2.75, 3.05) is 27.8 Å². The molecule has 0 saturated heterocycles. The monoisotopic (exact) mass is 447 g/mol. The number of halogens is 1. The van der Waals surface area contributed by atoms with Crippen LogP contribution in [0.1, 0.15) is 15.9 Å². The third-order valence-corrected chi connectivity index (χ3v) is 5.74. The Hall–Kier alpha value is -3.87. The Kier molecular flexibility index (Phi) is 6.31. The Morgan fingerprint density at radius 2 is 1.85 bits per heavy atom. The van der Waals surface area contributed by atoms with Crippen LogP contribution in [0.2, 0.25) is 0 Å². The Morgan fingerprint density at radius 1 is 1.06 bits per heavy atom. The van der Waals surface area contributed by atoms with Crippen molar-refractivity contribution < 1.29 is 18.7 Å². The van der Waals surface area contributed by atoms with E-state index in [1.54, 1.807) is 38.3 Å². The predicted molar refractivity (Wildman–Crippen MR) is 126 cm³/mol. The van der Waals surface area contributed by atoms with Crippen LogP contribution in [0.3, 0.4) is 0 Å². The highest BCUT2D eigenvalue weighted by molar-refractivity contribution is 6.07. The smallest absolute Gasteiger partial charge is 0.254 e. The average Bonchev–Trinajstić information content (AvgIpc) is 3.26. The zero-order valence-corrected chi connectivity index (χ0v) is 19.1. The molecule has 2 aromatic carbocycles. The van der Waals surface area contributed by atoms with E-state index in [2.05, 4.69) is 4.98 Å². The van der Waals surface area contributed by atoms with E-state index in [4.69, 9.17) is 9.47 Å². The van der Waals surface area contributed by atoms with Gasteiger partial charge >= 0.3 is 0 Å². The number of amides is 1. The summed E-state index contributed by atoms with van der Waals surface area (Å²) in [6.07, 6.45) is 2.55. The molecule has 0 fully saturated rings. The normalized spacial score (nSPS) is 10.9. The third-order valence-electron chi connectivity index (χ3n) is 5.74. The maximum Gasteiger partial charge on any atom is 0.254 e. The first kappa shape index (κ1) is 22.3. The standard InChI is InChI=1S/C26H26FN3O3/c1-29-12-5-6-23(29)22-16-20(19-15-18(27)8-9-21(19)28-22)26(31)30(2)13-11-17-7-10-24(32-3)25(14-17)33-4/h5-10,12,14-16H,11,13H2,1-4H3. The van der Waals surface area contributed by atoms with Crippen molar-refractivity contribution in [1.29, 1.82) is 0 Å². The first-order valence-electron chi connectivity index (χ1n) is 10.6. The summed E-state index contributed by atoms with van der Waals surface area (Å²) in [7, 11) is 6.85. The molecular weight excluding hydrogens is 421 g/mol. The maximum absolute atomic E-state index is 14.0. The molecule has 0 N–H and O–H groups in total. The summed E-state index contributed by atoms with van der Waals surface area (Å²) in [6.45, 7) is 0.479. The second-order valence-corrected chi connectivity index (χ2v) is 7.89. The summed E-state index contributed by atoms with van der Waals surface area (Å²) in [5.41, 5.74) is 3.56. The van der Waals surface area contributed by atoms with E-state index < -0.39 is 5.82 Å². The number of methoxy groups -OCH3 is 2. The highest BCUT2D eigenvalue weighted by atomic mass is 19.1. The third kappa shape index (κ3) is 4.53. The van der Waals surface area contributed by atoms with E-state index in [0.717, 1.165) is 11.3 Å². The molecule has 0 unspecified atom stereocenters. The van der Waals surface area contributed by atoms with Crippen molar-refractivity contribution in [3.05, 3.63) is 77.7 Å². The number of fused-ring (bicyclic) bond motifs is 1. The van der Waals surface area contributed by atoms with Crippen molar-refractivity contribution in [2.24, 2.45) is 7.05 Å². The zero-order chi connectivity index (χ0) is 23.5. The number of benzene rings is 2. The number of aromatic nitrogens is 2. The van der Waals surface area contributed by atoms with Gasteiger partial charge in [0.25, 0.3) is 5.91 Å². The number of rotatable bonds is 7. The molecule has 170 valence electrons. The van der Waals surface area contributed by atoms with Crippen molar-refractivity contribution >= 4 is 16.8 Å². The van der Waals surface area contributed by atoms with Gasteiger partial charge in [-0.05, 0) is 60.5 Å². The molecule has 0 aliphatic heterocycles. The van der Waals surface area contributed by atoms with Crippen molar-refractivity contribution in [2.45, 2.75) is 6.42 Å². The molecule has 1 amide bonds. The number of nitrogens with zero attached hydrogens (tertiary/aromatic N) is 3. The van der Waals surface area contributed by atoms with Gasteiger partial charge in [0, 0.05) is 32.2 Å². The zero-order valence-electron chi connectivity index (χ0n) is 19.1. The van der Waals surface area contributed by atoms with Gasteiger partial charge in [0.15, 0.2) is 11.5 Å². The van der Waals surface area contributed by atoms with Gasteiger partial charge in [-0.3, -0.25) is 4.79 Å². The summed E-state index contributed by atoms with van der Waals surface area (Å²) < 4.78 is 26.6. The number of likely N-dealkylation sites (N-methyl/N-ethyl adjacent to an activating group) is 1. The lowest BCUT2D eigenvalue weighted by Crippen LogP contribution is -2.29. The maximum atomic E-state index is 14.0. The molecule has 2 aromatic heterocycles. The lowest BCUT2D eigenvalue weighted by molar-refractivity contribution is 0.0798. The Balaban J connectivity index is 1.64. The van der Waals surface area contributed by atoms with E-state index in [1.165, 1.54) is 12.1 Å². The molecule has 0 bridgehead atoms. The molecule has 0 spiro atoms. The van der Waals surface area contributed by atoms with Crippen molar-refractivity contribution in [3.8, 4) is 22.9 Å². The van der Waals surface area contributed by atoms with Gasteiger partial charge in [-0.25, -0.2) is 9.37 Å². The van der Waals surface area contributed by atoms with Gasteiger partial charge in [0.05, 0.1) is 36.7 Å². The first-order chi connectivity index (χ1) is 15.9. The minimum atomic E-state index is -0.405. The summed E-state index contributed by atoms with van der Waals surface area (Å²) in [5, 5.41) is 0.496. The van der Waals surface area contributed by atoms with Gasteiger partial charge in [0.2, 0.25) is 0 Å². The number of carbonyl (C=O) groups excluding carboxylic acids is 1. The molecule has 0 atom stereocenters. The van der Waals surface area contributed by atoms with E-state index >= 15 is 0 Å². The second-order valence-electron chi connectivity index (χ2n) is 7.89. The summed E-state index contributed by atoms with van der Waals surface area (Å²) in [6, 6.07) is 15.6. The van der Waals surface area contributed by atoms with Gasteiger partial charge in [-0.2, -0.15) is 0 Å². The second kappa shape index (κ2) is 9.32. The first-order valence-corrected chi connectivity index (χ1v) is 10.6. The van der Waals surface area contributed by atoms with Gasteiger partial charge in [0.1, 0.15) is 5.82 Å². The minimum absolute atomic E-state index is 0.191. The van der Waals surface area contributed by atoms with Crippen LogP contribution in [0.5, 0.6) is 11.5 Å². The number of hydrogen-bond acceptors (Lipinski definition) is 4. The molecular formula is C26H26FN3O3. The molecule has 4 rings (SSSR count). The Labute approximate surface area is 192 Å². The minimum Gasteiger partial charge on any atom is -0.493 e. The van der Waals surface area contributed by atoms with Crippen LogP contribution in [-0.4, -0.2) is 48.2 Å². The predicted octanol–water partition coefficient (Wildman–Crippen LogP) is 4.71. The molecule has 7 heteroatoms. The van der Waals surface area contributed by atoms with Crippen LogP contribution in [0.25, 0.3) is 22.3 Å². The number of ether oxygens (including phenoxy) is 2. The van der Waals surface area contributed by atoms with Gasteiger partial charge in [-0.1, -0.05) is 6.07 Å². The SMILES string of the molecule is COc1ccc(CCN(C)C(=O)c2cc(-c3cccn3C)nc3ccc(F)cc23)cc1OC. The molecule has 0 aliphatic carbocycles. The topological polar surface area (TPSA) is 56.6 Å². The number of carbonyl (C=O) groups is 1. The van der Waals surface area contributed by atoms with Gasteiger partial charge in [-0.15, -0.1) is 0 Å². The number of hydrogen-bond donors (Lipinski definition) is 0. The summed E-state index contributed by atoms with van der Waals surface area (Å²) >= 11 is 0. The lowest BCUT2D eigenvalue weighted by Gasteiger charge is -2.19. The van der Waals surface area contributed by atoms with E-state index in [1.807, 2.05) is 48.1 Å². The molecule has 0 radical (unpaired) electrons. The quantitative estimate of drug-likeness (QED) is 0.412. The van der Waals surface area contributed by atoms with Crippen LogP contribution >= 0.6 is 0 Å². The molecule has 0 aliphatic rings. The fraction of sp³-hybridized carbons (Fsp3) is 0.231. The fourth-order valence-electron chi connectivity index (χ4n) is 3.87. The molecule has 0 saturated carbocycles. The van der Waals surface area contributed by atoms with Crippen LogP contribution in [0.4, 0.5) is 4.39 Å². The Bertz CT molecular complexity index is 1320. The lowest BCUT2D eigenvalue weighted by atomic mass is 10.0. The van der Waals surface area contributed by atoms with Gasteiger partial charge < -0.3 is 18.9 Å². The highest BCUT2D eigenvalue weighted by Gasteiger charge is 2.19.